The maximum atomic E-state index is 12.2. The molecule has 0 saturated carbocycles. The molecule has 106 valence electrons. The number of hydrogen-bond donors (Lipinski definition) is 3. The van der Waals surface area contributed by atoms with Gasteiger partial charge < -0.3 is 16.2 Å². The molecule has 0 fully saturated rings. The summed E-state index contributed by atoms with van der Waals surface area (Å²) < 4.78 is 0.879. The van der Waals surface area contributed by atoms with Gasteiger partial charge in [0.15, 0.2) is 5.13 Å². The molecular formula is C15H13N3O2S. The molecule has 0 aliphatic heterocycles. The zero-order valence-corrected chi connectivity index (χ0v) is 11.9. The van der Waals surface area contributed by atoms with Gasteiger partial charge in [-0.2, -0.15) is 0 Å². The van der Waals surface area contributed by atoms with Gasteiger partial charge in [0.2, 0.25) is 0 Å². The highest BCUT2D eigenvalue weighted by Gasteiger charge is 2.09. The maximum absolute atomic E-state index is 12.2. The number of anilines is 2. The molecule has 5 nitrogen and oxygen atoms in total. The van der Waals surface area contributed by atoms with Crippen molar-refractivity contribution >= 4 is 38.3 Å². The molecule has 21 heavy (non-hydrogen) atoms. The van der Waals surface area contributed by atoms with E-state index in [9.17, 15) is 4.79 Å². The summed E-state index contributed by atoms with van der Waals surface area (Å²) in [4.78, 5) is 16.4. The first-order valence-electron chi connectivity index (χ1n) is 6.33. The van der Waals surface area contributed by atoms with Gasteiger partial charge in [-0.25, -0.2) is 4.98 Å². The summed E-state index contributed by atoms with van der Waals surface area (Å²) in [5.41, 5.74) is 8.38. The first-order valence-corrected chi connectivity index (χ1v) is 7.14. The van der Waals surface area contributed by atoms with Crippen LogP contribution in [0.25, 0.3) is 10.2 Å². The lowest BCUT2D eigenvalue weighted by molar-refractivity contribution is 0.102. The molecular weight excluding hydrogens is 286 g/mol. The Morgan fingerprint density at radius 2 is 2.14 bits per heavy atom. The fraction of sp³-hybridized carbons (Fsp3) is 0.0667. The van der Waals surface area contributed by atoms with Crippen molar-refractivity contribution in [3.05, 3.63) is 53.6 Å². The van der Waals surface area contributed by atoms with Gasteiger partial charge in [-0.05, 0) is 35.9 Å². The Labute approximate surface area is 125 Å². The van der Waals surface area contributed by atoms with Crippen LogP contribution in [0.3, 0.4) is 0 Å². The van der Waals surface area contributed by atoms with E-state index in [0.717, 1.165) is 15.8 Å². The largest absolute Gasteiger partial charge is 0.392 e. The van der Waals surface area contributed by atoms with Crippen molar-refractivity contribution in [1.82, 2.24) is 4.98 Å². The second-order valence-corrected chi connectivity index (χ2v) is 5.61. The van der Waals surface area contributed by atoms with Crippen molar-refractivity contribution in [2.24, 2.45) is 0 Å². The Balaban J connectivity index is 1.85. The van der Waals surface area contributed by atoms with Gasteiger partial charge in [0.1, 0.15) is 0 Å². The number of nitrogens with two attached hydrogens (primary N) is 1. The van der Waals surface area contributed by atoms with E-state index in [-0.39, 0.29) is 12.5 Å². The van der Waals surface area contributed by atoms with Gasteiger partial charge in [-0.3, -0.25) is 4.79 Å². The number of carbonyl (C=O) groups is 1. The monoisotopic (exact) mass is 299 g/mol. The average molecular weight is 299 g/mol. The van der Waals surface area contributed by atoms with E-state index in [1.54, 1.807) is 42.5 Å². The topological polar surface area (TPSA) is 88.2 Å². The molecule has 0 bridgehead atoms. The van der Waals surface area contributed by atoms with Crippen molar-refractivity contribution in [2.75, 3.05) is 11.1 Å². The second-order valence-electron chi connectivity index (χ2n) is 4.55. The summed E-state index contributed by atoms with van der Waals surface area (Å²) in [6.07, 6.45) is 0. The van der Waals surface area contributed by atoms with Crippen molar-refractivity contribution in [1.29, 1.82) is 0 Å². The number of aliphatic hydroxyl groups excluding tert-OH is 1. The molecule has 0 spiro atoms. The lowest BCUT2D eigenvalue weighted by Gasteiger charge is -2.06. The van der Waals surface area contributed by atoms with Gasteiger partial charge in [0.05, 0.1) is 16.8 Å². The Kier molecular flexibility index (Phi) is 3.55. The summed E-state index contributed by atoms with van der Waals surface area (Å²) in [6, 6.07) is 12.4. The molecule has 1 heterocycles. The standard InChI is InChI=1S/C15H13N3O2S/c16-15-18-12-5-4-10(7-13(12)21-15)14(20)17-11-3-1-2-9(6-11)8-19/h1-7,19H,8H2,(H2,16,18)(H,17,20). The third-order valence-corrected chi connectivity index (χ3v) is 3.88. The second kappa shape index (κ2) is 5.51. The Morgan fingerprint density at radius 1 is 1.29 bits per heavy atom. The fourth-order valence-corrected chi connectivity index (χ4v) is 2.81. The molecule has 6 heteroatoms. The SMILES string of the molecule is Nc1nc2ccc(C(=O)Nc3cccc(CO)c3)cc2s1. The van der Waals surface area contributed by atoms with E-state index in [4.69, 9.17) is 10.8 Å². The van der Waals surface area contributed by atoms with Gasteiger partial charge in [-0.15, -0.1) is 0 Å². The minimum Gasteiger partial charge on any atom is -0.392 e. The predicted octanol–water partition coefficient (Wildman–Crippen LogP) is 2.62. The Bertz CT molecular complexity index is 814. The number of rotatable bonds is 3. The summed E-state index contributed by atoms with van der Waals surface area (Å²) in [7, 11) is 0. The zero-order valence-electron chi connectivity index (χ0n) is 11.0. The Hall–Kier alpha value is -2.44. The summed E-state index contributed by atoms with van der Waals surface area (Å²) in [5.74, 6) is -0.209. The van der Waals surface area contributed by atoms with Gasteiger partial charge >= 0.3 is 0 Å². The number of aromatic nitrogens is 1. The lowest BCUT2D eigenvalue weighted by Crippen LogP contribution is -2.11. The van der Waals surface area contributed by atoms with Crippen molar-refractivity contribution in [3.63, 3.8) is 0 Å². The van der Waals surface area contributed by atoms with Crippen LogP contribution in [-0.2, 0) is 6.61 Å². The number of carbonyl (C=O) groups excluding carboxylic acids is 1. The Morgan fingerprint density at radius 3 is 2.95 bits per heavy atom. The normalized spacial score (nSPS) is 10.7. The van der Waals surface area contributed by atoms with E-state index in [1.165, 1.54) is 11.3 Å². The average Bonchev–Trinajstić information content (AvgIpc) is 2.86. The van der Waals surface area contributed by atoms with Crippen LogP contribution in [0.2, 0.25) is 0 Å². The van der Waals surface area contributed by atoms with Crippen molar-refractivity contribution < 1.29 is 9.90 Å². The lowest BCUT2D eigenvalue weighted by atomic mass is 10.1. The molecule has 0 unspecified atom stereocenters. The first kappa shape index (κ1) is 13.5. The molecule has 1 aromatic heterocycles. The van der Waals surface area contributed by atoms with E-state index in [0.29, 0.717) is 16.4 Å². The van der Waals surface area contributed by atoms with E-state index in [1.807, 2.05) is 0 Å². The van der Waals surface area contributed by atoms with Gasteiger partial charge in [0, 0.05) is 11.3 Å². The highest BCUT2D eigenvalue weighted by atomic mass is 32.1. The number of nitrogens with zero attached hydrogens (tertiary/aromatic N) is 1. The molecule has 0 aliphatic rings. The number of hydrogen-bond acceptors (Lipinski definition) is 5. The number of benzene rings is 2. The fourth-order valence-electron chi connectivity index (χ4n) is 2.03. The van der Waals surface area contributed by atoms with Crippen LogP contribution < -0.4 is 11.1 Å². The van der Waals surface area contributed by atoms with Gasteiger partial charge in [0.25, 0.3) is 5.91 Å². The van der Waals surface area contributed by atoms with Crippen LogP contribution in [0.4, 0.5) is 10.8 Å². The summed E-state index contributed by atoms with van der Waals surface area (Å²) in [6.45, 7) is -0.0597. The summed E-state index contributed by atoms with van der Waals surface area (Å²) in [5, 5.41) is 12.4. The molecule has 0 radical (unpaired) electrons. The quantitative estimate of drug-likeness (QED) is 0.693. The van der Waals surface area contributed by atoms with Crippen molar-refractivity contribution in [2.45, 2.75) is 6.61 Å². The minimum absolute atomic E-state index is 0.0597. The van der Waals surface area contributed by atoms with Crippen LogP contribution >= 0.6 is 11.3 Å². The predicted molar refractivity (Wildman–Crippen MR) is 84.4 cm³/mol. The number of nitrogen functional groups attached to an aromatic ring is 1. The van der Waals surface area contributed by atoms with E-state index < -0.39 is 0 Å². The van der Waals surface area contributed by atoms with Crippen molar-refractivity contribution in [3.8, 4) is 0 Å². The van der Waals surface area contributed by atoms with Crippen LogP contribution in [0.15, 0.2) is 42.5 Å². The highest BCUT2D eigenvalue weighted by molar-refractivity contribution is 7.22. The molecule has 3 aromatic rings. The number of aliphatic hydroxyl groups is 1. The van der Waals surface area contributed by atoms with Crippen LogP contribution in [0, 0.1) is 0 Å². The highest BCUT2D eigenvalue weighted by Crippen LogP contribution is 2.25. The number of nitrogens with one attached hydrogen (secondary N) is 1. The number of amides is 1. The van der Waals surface area contributed by atoms with Crippen LogP contribution in [0.1, 0.15) is 15.9 Å². The molecule has 4 N–H and O–H groups in total. The van der Waals surface area contributed by atoms with Gasteiger partial charge in [-0.1, -0.05) is 23.5 Å². The molecule has 0 atom stereocenters. The molecule has 0 aliphatic carbocycles. The molecule has 3 rings (SSSR count). The number of fused-ring (bicyclic) bond motifs is 1. The molecule has 1 amide bonds. The third kappa shape index (κ3) is 2.86. The maximum Gasteiger partial charge on any atom is 0.255 e. The zero-order chi connectivity index (χ0) is 14.8. The van der Waals surface area contributed by atoms with Crippen LogP contribution in [-0.4, -0.2) is 16.0 Å². The molecule has 2 aromatic carbocycles. The van der Waals surface area contributed by atoms with E-state index >= 15 is 0 Å². The first-order chi connectivity index (χ1) is 10.2. The smallest absolute Gasteiger partial charge is 0.255 e. The minimum atomic E-state index is -0.209. The van der Waals surface area contributed by atoms with Crippen LogP contribution in [0.5, 0.6) is 0 Å². The third-order valence-electron chi connectivity index (χ3n) is 3.03. The summed E-state index contributed by atoms with van der Waals surface area (Å²) >= 11 is 1.35. The van der Waals surface area contributed by atoms with E-state index in [2.05, 4.69) is 10.3 Å². The number of thiazole rings is 1. The molecule has 0 saturated heterocycles.